The van der Waals surface area contributed by atoms with Crippen LogP contribution >= 0.6 is 0 Å². The number of ether oxygens (including phenoxy) is 1. The smallest absolute Gasteiger partial charge is 0.119 e. The Kier molecular flexibility index (Phi) is 6.25. The van der Waals surface area contributed by atoms with Crippen LogP contribution in [0.5, 0.6) is 5.75 Å². The van der Waals surface area contributed by atoms with E-state index >= 15 is 0 Å². The predicted molar refractivity (Wildman–Crippen MR) is 123 cm³/mol. The van der Waals surface area contributed by atoms with Gasteiger partial charge in [0, 0.05) is 11.7 Å². The number of nitriles is 1. The van der Waals surface area contributed by atoms with Crippen molar-refractivity contribution in [3.63, 3.8) is 0 Å². The molecular formula is C27H28N2O2. The molecule has 1 fully saturated rings. The number of hydrogen-bond donors (Lipinski definition) is 2. The van der Waals surface area contributed by atoms with Crippen molar-refractivity contribution >= 4 is 5.69 Å². The van der Waals surface area contributed by atoms with Crippen molar-refractivity contribution in [3.05, 3.63) is 95.6 Å². The molecule has 0 radical (unpaired) electrons. The fraction of sp³-hybridized carbons (Fsp3) is 0.296. The lowest BCUT2D eigenvalue weighted by atomic mass is 9.69. The molecule has 0 aliphatic heterocycles. The number of aliphatic hydroxyl groups excluding tert-OH is 1. The number of anilines is 1. The van der Waals surface area contributed by atoms with E-state index in [9.17, 15) is 10.4 Å². The van der Waals surface area contributed by atoms with E-state index in [1.807, 2.05) is 78.9 Å². The molecule has 1 aliphatic rings. The Bertz CT molecular complexity index is 1030. The minimum Gasteiger partial charge on any atom is -0.497 e. The first-order chi connectivity index (χ1) is 15.1. The van der Waals surface area contributed by atoms with Gasteiger partial charge in [0.05, 0.1) is 18.6 Å². The van der Waals surface area contributed by atoms with Gasteiger partial charge >= 0.3 is 0 Å². The summed E-state index contributed by atoms with van der Waals surface area (Å²) in [5.41, 5.74) is 3.41. The molecule has 1 atom stereocenters. The van der Waals surface area contributed by atoms with Crippen LogP contribution in [0.25, 0.3) is 0 Å². The lowest BCUT2D eigenvalue weighted by Gasteiger charge is -2.36. The quantitative estimate of drug-likeness (QED) is 0.554. The maximum atomic E-state index is 10.6. The highest BCUT2D eigenvalue weighted by Crippen LogP contribution is 2.40. The van der Waals surface area contributed by atoms with Crippen LogP contribution in [0.15, 0.2) is 78.9 Å². The Morgan fingerprint density at radius 3 is 2.29 bits per heavy atom. The van der Waals surface area contributed by atoms with Crippen molar-refractivity contribution in [1.82, 2.24) is 0 Å². The summed E-state index contributed by atoms with van der Waals surface area (Å²) in [6, 6.07) is 28.5. The molecule has 4 rings (SSSR count). The molecule has 0 heterocycles. The summed E-state index contributed by atoms with van der Waals surface area (Å²) in [7, 11) is 1.66. The van der Waals surface area contributed by atoms with E-state index < -0.39 is 11.5 Å². The highest BCUT2D eigenvalue weighted by Gasteiger charge is 2.37. The molecule has 1 saturated carbocycles. The average Bonchev–Trinajstić information content (AvgIpc) is 2.85. The fourth-order valence-electron chi connectivity index (χ4n) is 4.47. The second-order valence-electron chi connectivity index (χ2n) is 8.28. The second kappa shape index (κ2) is 9.24. The van der Waals surface area contributed by atoms with Crippen LogP contribution < -0.4 is 10.1 Å². The van der Waals surface area contributed by atoms with Crippen LogP contribution in [0.4, 0.5) is 5.69 Å². The molecular weight excluding hydrogens is 384 g/mol. The maximum absolute atomic E-state index is 10.6. The first-order valence-electron chi connectivity index (χ1n) is 10.8. The van der Waals surface area contributed by atoms with Gasteiger partial charge in [-0.05, 0) is 66.6 Å². The summed E-state index contributed by atoms with van der Waals surface area (Å²) in [4.78, 5) is 0. The van der Waals surface area contributed by atoms with Crippen LogP contribution in [-0.2, 0) is 5.41 Å². The van der Waals surface area contributed by atoms with Crippen molar-refractivity contribution in [2.24, 2.45) is 0 Å². The third-order valence-electron chi connectivity index (χ3n) is 6.39. The van der Waals surface area contributed by atoms with E-state index in [0.717, 1.165) is 53.8 Å². The molecule has 1 aliphatic carbocycles. The Morgan fingerprint density at radius 1 is 0.968 bits per heavy atom. The van der Waals surface area contributed by atoms with Gasteiger partial charge in [-0.1, -0.05) is 54.6 Å². The van der Waals surface area contributed by atoms with Gasteiger partial charge in [-0.3, -0.25) is 0 Å². The minimum absolute atomic E-state index is 0.331. The minimum atomic E-state index is -0.621. The lowest BCUT2D eigenvalue weighted by molar-refractivity contribution is 0.220. The first-order valence-corrected chi connectivity index (χ1v) is 10.8. The largest absolute Gasteiger partial charge is 0.497 e. The number of nitrogens with one attached hydrogen (secondary N) is 1. The van der Waals surface area contributed by atoms with Crippen LogP contribution in [0, 0.1) is 11.3 Å². The van der Waals surface area contributed by atoms with E-state index in [-0.39, 0.29) is 0 Å². The Hall–Kier alpha value is -3.29. The second-order valence-corrected chi connectivity index (χ2v) is 8.28. The molecule has 0 amide bonds. The van der Waals surface area contributed by atoms with Gasteiger partial charge in [0.15, 0.2) is 0 Å². The summed E-state index contributed by atoms with van der Waals surface area (Å²) >= 11 is 0. The van der Waals surface area contributed by atoms with Gasteiger partial charge in [0.1, 0.15) is 11.9 Å². The molecule has 4 heteroatoms. The molecule has 31 heavy (non-hydrogen) atoms. The molecule has 3 aromatic carbocycles. The lowest BCUT2D eigenvalue weighted by Crippen LogP contribution is -2.35. The van der Waals surface area contributed by atoms with Gasteiger partial charge < -0.3 is 15.2 Å². The molecule has 3 aromatic rings. The highest BCUT2D eigenvalue weighted by molar-refractivity contribution is 5.47. The first kappa shape index (κ1) is 21.0. The Morgan fingerprint density at radius 2 is 1.65 bits per heavy atom. The van der Waals surface area contributed by atoms with Gasteiger partial charge in [0.25, 0.3) is 0 Å². The summed E-state index contributed by atoms with van der Waals surface area (Å²) in [5.74, 6) is 0.796. The molecule has 0 saturated heterocycles. The van der Waals surface area contributed by atoms with E-state index in [4.69, 9.17) is 4.74 Å². The predicted octanol–water partition coefficient (Wildman–Crippen LogP) is 5.59. The number of rotatable bonds is 6. The van der Waals surface area contributed by atoms with E-state index in [0.29, 0.717) is 6.04 Å². The van der Waals surface area contributed by atoms with Crippen molar-refractivity contribution in [2.75, 3.05) is 12.4 Å². The van der Waals surface area contributed by atoms with Crippen LogP contribution in [0.2, 0.25) is 0 Å². The maximum Gasteiger partial charge on any atom is 0.119 e. The molecule has 2 N–H and O–H groups in total. The Labute approximate surface area is 184 Å². The third kappa shape index (κ3) is 4.57. The van der Waals surface area contributed by atoms with E-state index in [1.54, 1.807) is 7.11 Å². The zero-order valence-corrected chi connectivity index (χ0v) is 17.8. The summed E-state index contributed by atoms with van der Waals surface area (Å²) in [6.45, 7) is 0. The standard InChI is InChI=1S/C27H28N2O2/c1-31-25-9-5-8-22(18-25)27(19-28)16-14-24(15-17-27)29-23-12-10-21(11-13-23)26(30)20-6-3-2-4-7-20/h2-13,18,24,26,29-30H,14-17H2,1H3. The van der Waals surface area contributed by atoms with Crippen molar-refractivity contribution in [2.45, 2.75) is 43.2 Å². The number of aliphatic hydroxyl groups is 1. The Balaban J connectivity index is 1.39. The number of methoxy groups -OCH3 is 1. The summed E-state index contributed by atoms with van der Waals surface area (Å²) < 4.78 is 5.35. The van der Waals surface area contributed by atoms with E-state index in [1.165, 1.54) is 0 Å². The SMILES string of the molecule is COc1cccc(C2(C#N)CCC(Nc3ccc(C(O)c4ccccc4)cc3)CC2)c1. The van der Waals surface area contributed by atoms with Gasteiger partial charge in [-0.25, -0.2) is 0 Å². The molecule has 0 aromatic heterocycles. The topological polar surface area (TPSA) is 65.3 Å². The molecule has 158 valence electrons. The van der Waals surface area contributed by atoms with Crippen LogP contribution in [0.1, 0.15) is 48.5 Å². The van der Waals surface area contributed by atoms with Crippen molar-refractivity contribution < 1.29 is 9.84 Å². The summed E-state index contributed by atoms with van der Waals surface area (Å²) in [6.07, 6.45) is 2.88. The fourth-order valence-corrected chi connectivity index (χ4v) is 4.47. The van der Waals surface area contributed by atoms with E-state index in [2.05, 4.69) is 11.4 Å². The van der Waals surface area contributed by atoms with Gasteiger partial charge in [-0.15, -0.1) is 0 Å². The van der Waals surface area contributed by atoms with Gasteiger partial charge in [0.2, 0.25) is 0 Å². The molecule has 0 bridgehead atoms. The average molecular weight is 413 g/mol. The number of nitrogens with zero attached hydrogens (tertiary/aromatic N) is 1. The molecule has 0 spiro atoms. The zero-order chi connectivity index (χ0) is 21.7. The zero-order valence-electron chi connectivity index (χ0n) is 17.8. The number of hydrogen-bond acceptors (Lipinski definition) is 4. The molecule has 4 nitrogen and oxygen atoms in total. The van der Waals surface area contributed by atoms with Crippen LogP contribution in [-0.4, -0.2) is 18.3 Å². The number of benzene rings is 3. The van der Waals surface area contributed by atoms with Gasteiger partial charge in [-0.2, -0.15) is 5.26 Å². The third-order valence-corrected chi connectivity index (χ3v) is 6.39. The van der Waals surface area contributed by atoms with Crippen molar-refractivity contribution in [3.8, 4) is 11.8 Å². The molecule has 1 unspecified atom stereocenters. The van der Waals surface area contributed by atoms with Crippen molar-refractivity contribution in [1.29, 1.82) is 5.26 Å². The highest BCUT2D eigenvalue weighted by atomic mass is 16.5. The van der Waals surface area contributed by atoms with Crippen LogP contribution in [0.3, 0.4) is 0 Å². The monoisotopic (exact) mass is 412 g/mol. The normalized spacial score (nSPS) is 21.6. The summed E-state index contributed by atoms with van der Waals surface area (Å²) in [5, 5.41) is 24.2.